The third-order valence-electron chi connectivity index (χ3n) is 1.03. The van der Waals surface area contributed by atoms with Crippen molar-refractivity contribution >= 4 is 0 Å². The first-order valence-corrected chi connectivity index (χ1v) is 2.71. The Kier molecular flexibility index (Phi) is 1.87. The molecule has 0 N–H and O–H groups in total. The van der Waals surface area contributed by atoms with Crippen molar-refractivity contribution < 1.29 is 0 Å². The Labute approximate surface area is 54.8 Å². The van der Waals surface area contributed by atoms with Crippen LogP contribution in [-0.2, 0) is 6.54 Å². The normalized spacial score (nSPS) is 8.33. The highest BCUT2D eigenvalue weighted by molar-refractivity contribution is 5.14. The van der Waals surface area contributed by atoms with Crippen molar-refractivity contribution in [2.75, 3.05) is 0 Å². The van der Waals surface area contributed by atoms with Crippen LogP contribution >= 0.6 is 0 Å². The summed E-state index contributed by atoms with van der Waals surface area (Å²) in [5, 5.41) is 0. The number of hydrogen-bond acceptors (Lipinski definition) is 0. The standard InChI is InChI=1S/C8H6N/c1-9-7-8-5-3-2-4-6-8/h2-3,5-6H,7H2. The molecule has 1 heteroatoms. The fourth-order valence-electron chi connectivity index (χ4n) is 0.620. The maximum absolute atomic E-state index is 6.55. The van der Waals surface area contributed by atoms with Gasteiger partial charge in [0.15, 0.2) is 0 Å². The summed E-state index contributed by atoms with van der Waals surface area (Å²) >= 11 is 0. The second-order valence-corrected chi connectivity index (χ2v) is 1.73. The van der Waals surface area contributed by atoms with E-state index in [4.69, 9.17) is 6.57 Å². The van der Waals surface area contributed by atoms with Crippen LogP contribution in [0.1, 0.15) is 5.56 Å². The Bertz CT molecular complexity index is 208. The van der Waals surface area contributed by atoms with Crippen LogP contribution in [0, 0.1) is 12.6 Å². The van der Waals surface area contributed by atoms with E-state index in [9.17, 15) is 0 Å². The van der Waals surface area contributed by atoms with Gasteiger partial charge in [-0.2, -0.15) is 0 Å². The molecule has 0 aliphatic carbocycles. The highest BCUT2D eigenvalue weighted by Gasteiger charge is 1.88. The first-order chi connectivity index (χ1) is 4.43. The fraction of sp³-hybridized carbons (Fsp3) is 0.125. The number of benzene rings is 1. The molecular formula is C8H6N. The van der Waals surface area contributed by atoms with Crippen LogP contribution in [0.4, 0.5) is 0 Å². The van der Waals surface area contributed by atoms with Gasteiger partial charge in [-0.3, -0.25) is 0 Å². The lowest BCUT2D eigenvalue weighted by Crippen LogP contribution is -1.74. The minimum Gasteiger partial charge on any atom is -0.312 e. The quantitative estimate of drug-likeness (QED) is 0.493. The van der Waals surface area contributed by atoms with Gasteiger partial charge < -0.3 is 4.85 Å². The SMILES string of the molecule is [C-]#[N+]Cc1c[c]ccc1. The molecule has 0 saturated carbocycles. The van der Waals surface area contributed by atoms with Gasteiger partial charge in [-0.25, -0.2) is 6.57 Å². The molecule has 1 radical (unpaired) electrons. The summed E-state index contributed by atoms with van der Waals surface area (Å²) in [6.07, 6.45) is 0. The Balaban J connectivity index is 2.76. The van der Waals surface area contributed by atoms with E-state index < -0.39 is 0 Å². The Morgan fingerprint density at radius 3 is 3.11 bits per heavy atom. The lowest BCUT2D eigenvalue weighted by Gasteiger charge is -1.85. The number of hydrogen-bond donors (Lipinski definition) is 0. The molecule has 1 aromatic carbocycles. The van der Waals surface area contributed by atoms with E-state index in [1.165, 1.54) is 0 Å². The van der Waals surface area contributed by atoms with Crippen LogP contribution in [0.2, 0.25) is 0 Å². The maximum atomic E-state index is 6.55. The van der Waals surface area contributed by atoms with Gasteiger partial charge in [-0.1, -0.05) is 18.2 Å². The molecule has 0 aliphatic heterocycles. The number of nitrogens with zero attached hydrogens (tertiary/aromatic N) is 1. The van der Waals surface area contributed by atoms with Gasteiger partial charge in [0.2, 0.25) is 6.54 Å². The molecule has 1 aromatic rings. The molecule has 0 amide bonds. The first-order valence-electron chi connectivity index (χ1n) is 2.71. The van der Waals surface area contributed by atoms with Crippen LogP contribution in [0.15, 0.2) is 24.3 Å². The van der Waals surface area contributed by atoms with Crippen molar-refractivity contribution in [1.29, 1.82) is 0 Å². The summed E-state index contributed by atoms with van der Waals surface area (Å²) in [6.45, 7) is 7.02. The molecule has 0 saturated heterocycles. The van der Waals surface area contributed by atoms with Gasteiger partial charge in [-0.05, 0) is 12.1 Å². The van der Waals surface area contributed by atoms with Gasteiger partial charge in [0.25, 0.3) is 0 Å². The molecule has 0 atom stereocenters. The predicted molar refractivity (Wildman–Crippen MR) is 35.6 cm³/mol. The number of rotatable bonds is 1. The van der Waals surface area contributed by atoms with Crippen LogP contribution < -0.4 is 0 Å². The van der Waals surface area contributed by atoms with Gasteiger partial charge in [0.05, 0.1) is 0 Å². The minimum atomic E-state index is 0.470. The fourth-order valence-corrected chi connectivity index (χ4v) is 0.620. The molecule has 43 valence electrons. The van der Waals surface area contributed by atoms with Crippen LogP contribution in [0.25, 0.3) is 4.85 Å². The third kappa shape index (κ3) is 1.58. The van der Waals surface area contributed by atoms with E-state index in [1.54, 1.807) is 0 Å². The summed E-state index contributed by atoms with van der Waals surface area (Å²) in [5.74, 6) is 0. The Morgan fingerprint density at radius 1 is 1.67 bits per heavy atom. The highest BCUT2D eigenvalue weighted by Crippen LogP contribution is 1.98. The zero-order valence-corrected chi connectivity index (χ0v) is 4.96. The lowest BCUT2D eigenvalue weighted by atomic mass is 10.2. The summed E-state index contributed by atoms with van der Waals surface area (Å²) in [7, 11) is 0. The molecule has 0 bridgehead atoms. The van der Waals surface area contributed by atoms with Crippen molar-refractivity contribution in [3.63, 3.8) is 0 Å². The molecule has 0 unspecified atom stereocenters. The molecule has 0 fully saturated rings. The average Bonchev–Trinajstić information content (AvgIpc) is 1.91. The molecule has 0 spiro atoms. The zero-order valence-electron chi connectivity index (χ0n) is 4.96. The molecule has 9 heavy (non-hydrogen) atoms. The third-order valence-corrected chi connectivity index (χ3v) is 1.03. The van der Waals surface area contributed by atoms with Crippen molar-refractivity contribution in [3.8, 4) is 0 Å². The smallest absolute Gasteiger partial charge is 0.239 e. The van der Waals surface area contributed by atoms with Crippen LogP contribution in [-0.4, -0.2) is 0 Å². The van der Waals surface area contributed by atoms with Crippen LogP contribution in [0.3, 0.4) is 0 Å². The monoisotopic (exact) mass is 116 g/mol. The first kappa shape index (κ1) is 5.84. The summed E-state index contributed by atoms with van der Waals surface area (Å²) in [4.78, 5) is 3.24. The van der Waals surface area contributed by atoms with E-state index >= 15 is 0 Å². The second kappa shape index (κ2) is 2.88. The van der Waals surface area contributed by atoms with Gasteiger partial charge >= 0.3 is 0 Å². The molecule has 1 rings (SSSR count). The molecule has 0 aromatic heterocycles. The molecule has 0 aliphatic rings. The topological polar surface area (TPSA) is 4.36 Å². The summed E-state index contributed by atoms with van der Waals surface area (Å²) < 4.78 is 0. The molecule has 0 heterocycles. The van der Waals surface area contributed by atoms with E-state index in [-0.39, 0.29) is 0 Å². The van der Waals surface area contributed by atoms with Crippen molar-refractivity contribution in [1.82, 2.24) is 0 Å². The van der Waals surface area contributed by atoms with Crippen LogP contribution in [0.5, 0.6) is 0 Å². The van der Waals surface area contributed by atoms with E-state index in [0.29, 0.717) is 6.54 Å². The Morgan fingerprint density at radius 2 is 2.56 bits per heavy atom. The predicted octanol–water partition coefficient (Wildman–Crippen LogP) is 1.91. The average molecular weight is 116 g/mol. The van der Waals surface area contributed by atoms with Crippen molar-refractivity contribution in [2.45, 2.75) is 6.54 Å². The zero-order chi connectivity index (χ0) is 6.53. The van der Waals surface area contributed by atoms with Gasteiger partial charge in [0, 0.05) is 5.56 Å². The van der Waals surface area contributed by atoms with Crippen molar-refractivity contribution in [3.05, 3.63) is 47.3 Å². The summed E-state index contributed by atoms with van der Waals surface area (Å²) in [5.41, 5.74) is 1.03. The van der Waals surface area contributed by atoms with E-state index in [2.05, 4.69) is 10.9 Å². The van der Waals surface area contributed by atoms with Gasteiger partial charge in [-0.15, -0.1) is 0 Å². The van der Waals surface area contributed by atoms with Gasteiger partial charge in [0.1, 0.15) is 0 Å². The lowest BCUT2D eigenvalue weighted by molar-refractivity contribution is 1.26. The van der Waals surface area contributed by atoms with E-state index in [1.807, 2.05) is 24.3 Å². The second-order valence-electron chi connectivity index (χ2n) is 1.73. The van der Waals surface area contributed by atoms with Crippen molar-refractivity contribution in [2.24, 2.45) is 0 Å². The molecule has 1 nitrogen and oxygen atoms in total. The minimum absolute atomic E-state index is 0.470. The molecular weight excluding hydrogens is 110 g/mol. The maximum Gasteiger partial charge on any atom is 0.239 e. The largest absolute Gasteiger partial charge is 0.312 e. The Hall–Kier alpha value is -1.29. The van der Waals surface area contributed by atoms with E-state index in [0.717, 1.165) is 5.56 Å². The highest BCUT2D eigenvalue weighted by atomic mass is 14.6. The summed E-state index contributed by atoms with van der Waals surface area (Å²) in [6, 6.07) is 10.4.